The van der Waals surface area contributed by atoms with Gasteiger partial charge in [-0.1, -0.05) is 17.4 Å². The monoisotopic (exact) mass is 494 g/mol. The molecule has 0 N–H and O–H groups in total. The maximum Gasteiger partial charge on any atom is 0.350 e. The molecule has 0 saturated carbocycles. The quantitative estimate of drug-likeness (QED) is 0.398. The number of halogens is 2. The highest BCUT2D eigenvalue weighted by Gasteiger charge is 2.37. The van der Waals surface area contributed by atoms with Gasteiger partial charge in [0.25, 0.3) is 0 Å². The summed E-state index contributed by atoms with van der Waals surface area (Å²) in [5.41, 5.74) is 0.502. The summed E-state index contributed by atoms with van der Waals surface area (Å²) >= 11 is 1.42. The Balaban J connectivity index is 1.31. The second-order valence-corrected chi connectivity index (χ2v) is 9.19. The van der Waals surface area contributed by atoms with Gasteiger partial charge in [-0.25, -0.2) is 18.6 Å². The molecule has 0 aliphatic carbocycles. The Morgan fingerprint density at radius 3 is 2.57 bits per heavy atom. The normalized spacial score (nSPS) is 17.2. The Morgan fingerprint density at radius 1 is 1.20 bits per heavy atom. The van der Waals surface area contributed by atoms with Crippen molar-refractivity contribution in [2.24, 2.45) is 5.92 Å². The summed E-state index contributed by atoms with van der Waals surface area (Å²) in [5, 5.41) is 14.6. The number of ether oxygens (including phenoxy) is 1. The first-order valence-electron chi connectivity index (χ1n) is 10.8. The highest BCUT2D eigenvalue weighted by Crippen LogP contribution is 2.40. The Hall–Kier alpha value is -4.04. The van der Waals surface area contributed by atoms with Crippen LogP contribution in [-0.2, 0) is 6.54 Å². The van der Waals surface area contributed by atoms with Crippen LogP contribution in [0.15, 0.2) is 53.6 Å². The van der Waals surface area contributed by atoms with Crippen molar-refractivity contribution < 1.29 is 13.5 Å². The zero-order valence-electron chi connectivity index (χ0n) is 18.9. The summed E-state index contributed by atoms with van der Waals surface area (Å²) < 4.78 is 36.2. The average molecular weight is 495 g/mol. The highest BCUT2D eigenvalue weighted by atomic mass is 32.1. The van der Waals surface area contributed by atoms with E-state index < -0.39 is 17.3 Å². The lowest BCUT2D eigenvalue weighted by atomic mass is 9.92. The fourth-order valence-electron chi connectivity index (χ4n) is 3.83. The third-order valence-electron chi connectivity index (χ3n) is 6.04. The van der Waals surface area contributed by atoms with Crippen molar-refractivity contribution in [1.82, 2.24) is 19.3 Å². The van der Waals surface area contributed by atoms with Gasteiger partial charge in [0, 0.05) is 18.2 Å². The summed E-state index contributed by atoms with van der Waals surface area (Å²) in [6.45, 7) is 4.25. The van der Waals surface area contributed by atoms with Crippen molar-refractivity contribution in [3.63, 3.8) is 0 Å². The number of hydrogen-bond acceptors (Lipinski definition) is 7. The lowest BCUT2D eigenvalue weighted by Crippen LogP contribution is -2.54. The van der Waals surface area contributed by atoms with E-state index >= 15 is 0 Å². The smallest absolute Gasteiger partial charge is 0.350 e. The van der Waals surface area contributed by atoms with Gasteiger partial charge in [-0.2, -0.15) is 15.0 Å². The first-order chi connectivity index (χ1) is 16.9. The lowest BCUT2D eigenvalue weighted by molar-refractivity contribution is 0.386. The molecule has 178 valence electrons. The zero-order valence-corrected chi connectivity index (χ0v) is 19.7. The maximum absolute atomic E-state index is 14.0. The SMILES string of the molecule is Cc1nc(N2CC(C#N)C2C)sc1Oc1ccc(-n2ncn(Cc3c(F)cccc3F)c2=O)cc1. The number of nitriles is 1. The van der Waals surface area contributed by atoms with Gasteiger partial charge in [-0.3, -0.25) is 4.57 Å². The molecule has 0 amide bonds. The lowest BCUT2D eigenvalue weighted by Gasteiger charge is -2.42. The zero-order chi connectivity index (χ0) is 24.7. The van der Waals surface area contributed by atoms with Gasteiger partial charge in [0.05, 0.1) is 29.9 Å². The third kappa shape index (κ3) is 4.17. The van der Waals surface area contributed by atoms with E-state index in [0.717, 1.165) is 32.2 Å². The molecule has 1 saturated heterocycles. The first kappa shape index (κ1) is 22.7. The van der Waals surface area contributed by atoms with Crippen molar-refractivity contribution in [3.05, 3.63) is 82.2 Å². The molecular weight excluding hydrogens is 474 g/mol. The summed E-state index contributed by atoms with van der Waals surface area (Å²) in [6.07, 6.45) is 1.24. The average Bonchev–Trinajstić information content (AvgIpc) is 3.38. The fraction of sp³-hybridized carbons (Fsp3) is 0.250. The van der Waals surface area contributed by atoms with Gasteiger partial charge in [0.2, 0.25) is 5.06 Å². The van der Waals surface area contributed by atoms with E-state index in [1.165, 1.54) is 23.7 Å². The maximum atomic E-state index is 14.0. The van der Waals surface area contributed by atoms with Crippen LogP contribution >= 0.6 is 11.3 Å². The second kappa shape index (κ2) is 8.96. The van der Waals surface area contributed by atoms with E-state index in [1.54, 1.807) is 24.3 Å². The number of nitrogens with zero attached hydrogens (tertiary/aromatic N) is 6. The van der Waals surface area contributed by atoms with E-state index in [-0.39, 0.29) is 24.1 Å². The molecule has 3 heterocycles. The van der Waals surface area contributed by atoms with Crippen molar-refractivity contribution in [2.75, 3.05) is 11.4 Å². The molecule has 1 fully saturated rings. The van der Waals surface area contributed by atoms with E-state index in [4.69, 9.17) is 10.00 Å². The molecular formula is C24H20F2N6O2S. The molecule has 2 atom stereocenters. The molecule has 0 spiro atoms. The van der Waals surface area contributed by atoms with Crippen LogP contribution in [0.3, 0.4) is 0 Å². The Kier molecular flexibility index (Phi) is 5.82. The Morgan fingerprint density at radius 2 is 1.91 bits per heavy atom. The van der Waals surface area contributed by atoms with Crippen LogP contribution in [0.5, 0.6) is 10.8 Å². The van der Waals surface area contributed by atoms with Gasteiger partial charge in [0.1, 0.15) is 23.7 Å². The topological polar surface area (TPSA) is 89.0 Å². The minimum absolute atomic E-state index is 0.00809. The van der Waals surface area contributed by atoms with Crippen molar-refractivity contribution in [2.45, 2.75) is 26.4 Å². The van der Waals surface area contributed by atoms with Crippen LogP contribution in [0.2, 0.25) is 0 Å². The molecule has 2 unspecified atom stereocenters. The van der Waals surface area contributed by atoms with Gasteiger partial charge in [0.15, 0.2) is 5.13 Å². The standard InChI is InChI=1S/C24H20F2N6O2S/c1-14-22(35-23(29-14)31-11-16(10-27)15(31)2)34-18-8-6-17(7-9-18)32-24(33)30(13-28-32)12-19-20(25)4-3-5-21(19)26/h3-9,13,15-16H,11-12H2,1-2H3. The molecule has 0 bridgehead atoms. The molecule has 1 aliphatic rings. The van der Waals surface area contributed by atoms with Crippen LogP contribution < -0.4 is 15.3 Å². The first-order valence-corrected chi connectivity index (χ1v) is 11.7. The molecule has 35 heavy (non-hydrogen) atoms. The number of rotatable bonds is 6. The second-order valence-electron chi connectivity index (χ2n) is 8.25. The summed E-state index contributed by atoms with van der Waals surface area (Å²) in [4.78, 5) is 19.4. The largest absolute Gasteiger partial charge is 0.445 e. The Bertz CT molecular complexity index is 1470. The van der Waals surface area contributed by atoms with E-state index in [2.05, 4.69) is 21.1 Å². The van der Waals surface area contributed by atoms with Gasteiger partial charge in [-0.05, 0) is 50.2 Å². The molecule has 4 aromatic rings. The molecule has 2 aromatic heterocycles. The van der Waals surface area contributed by atoms with Crippen LogP contribution in [0, 0.1) is 35.8 Å². The number of aromatic nitrogens is 4. The molecule has 11 heteroatoms. The van der Waals surface area contributed by atoms with Crippen LogP contribution in [-0.4, -0.2) is 31.9 Å². The van der Waals surface area contributed by atoms with Crippen LogP contribution in [0.25, 0.3) is 5.69 Å². The van der Waals surface area contributed by atoms with E-state index in [1.807, 2.05) is 13.8 Å². The highest BCUT2D eigenvalue weighted by molar-refractivity contribution is 7.17. The van der Waals surface area contributed by atoms with E-state index in [9.17, 15) is 13.6 Å². The molecule has 0 radical (unpaired) electrons. The van der Waals surface area contributed by atoms with Crippen LogP contribution in [0.4, 0.5) is 13.9 Å². The number of benzene rings is 2. The van der Waals surface area contributed by atoms with Crippen molar-refractivity contribution >= 4 is 16.5 Å². The number of anilines is 1. The van der Waals surface area contributed by atoms with Gasteiger partial charge in [-0.15, -0.1) is 0 Å². The summed E-state index contributed by atoms with van der Waals surface area (Å²) in [7, 11) is 0. The third-order valence-corrected chi connectivity index (χ3v) is 7.11. The van der Waals surface area contributed by atoms with Crippen molar-refractivity contribution in [3.8, 4) is 22.6 Å². The number of hydrogen-bond donors (Lipinski definition) is 0. The predicted molar refractivity (Wildman–Crippen MR) is 126 cm³/mol. The molecule has 1 aliphatic heterocycles. The molecule has 5 rings (SSSR count). The Labute approximate surface area is 203 Å². The van der Waals surface area contributed by atoms with Crippen LogP contribution in [0.1, 0.15) is 18.2 Å². The molecule has 8 nitrogen and oxygen atoms in total. The van der Waals surface area contributed by atoms with Gasteiger partial charge >= 0.3 is 5.69 Å². The van der Waals surface area contributed by atoms with Gasteiger partial charge < -0.3 is 9.64 Å². The van der Waals surface area contributed by atoms with Crippen molar-refractivity contribution in [1.29, 1.82) is 5.26 Å². The number of aryl methyl sites for hydroxylation is 1. The minimum atomic E-state index is -0.721. The molecule has 2 aromatic carbocycles. The fourth-order valence-corrected chi connectivity index (χ4v) is 4.87. The predicted octanol–water partition coefficient (Wildman–Crippen LogP) is 4.27. The van der Waals surface area contributed by atoms with E-state index in [0.29, 0.717) is 23.0 Å². The summed E-state index contributed by atoms with van der Waals surface area (Å²) in [5.74, 6) is -0.879. The number of thiazole rings is 1. The summed E-state index contributed by atoms with van der Waals surface area (Å²) in [6, 6.07) is 12.7. The minimum Gasteiger partial charge on any atom is -0.445 e.